The summed E-state index contributed by atoms with van der Waals surface area (Å²) < 4.78 is 60.6. The topological polar surface area (TPSA) is 63.2 Å². The molecule has 0 aromatic heterocycles. The molecule has 1 fully saturated rings. The summed E-state index contributed by atoms with van der Waals surface area (Å²) in [6, 6.07) is -1.99. The van der Waals surface area contributed by atoms with Crippen LogP contribution in [0.2, 0.25) is 0 Å². The molecular weight excluding hydrogens is 271 g/mol. The van der Waals surface area contributed by atoms with Gasteiger partial charge < -0.3 is 5.32 Å². The predicted molar refractivity (Wildman–Crippen MR) is 59.6 cm³/mol. The highest BCUT2D eigenvalue weighted by atomic mass is 32.2. The summed E-state index contributed by atoms with van der Waals surface area (Å²) in [6.07, 6.45) is -4.24. The van der Waals surface area contributed by atoms with Gasteiger partial charge in [-0.2, -0.15) is 13.2 Å². The van der Waals surface area contributed by atoms with Gasteiger partial charge in [0.2, 0.25) is 5.91 Å². The summed E-state index contributed by atoms with van der Waals surface area (Å²) in [6.45, 7) is 2.95. The minimum atomic E-state index is -4.57. The van der Waals surface area contributed by atoms with Crippen molar-refractivity contribution in [1.82, 2.24) is 5.32 Å². The van der Waals surface area contributed by atoms with E-state index >= 15 is 0 Å². The summed E-state index contributed by atoms with van der Waals surface area (Å²) in [7, 11) is -3.52. The van der Waals surface area contributed by atoms with Gasteiger partial charge in [-0.1, -0.05) is 20.3 Å². The second kappa shape index (κ2) is 5.07. The number of halogens is 3. The number of carbonyl (C=O) groups excluding carboxylic acids is 1. The minimum absolute atomic E-state index is 0.0965. The van der Waals surface area contributed by atoms with Crippen molar-refractivity contribution in [3.8, 4) is 0 Å². The lowest BCUT2D eigenvalue weighted by molar-refractivity contribution is -0.171. The monoisotopic (exact) mass is 287 g/mol. The molecule has 18 heavy (non-hydrogen) atoms. The quantitative estimate of drug-likeness (QED) is 0.847. The lowest BCUT2D eigenvalue weighted by Crippen LogP contribution is -2.56. The van der Waals surface area contributed by atoms with E-state index in [0.717, 1.165) is 0 Å². The van der Waals surface area contributed by atoms with Gasteiger partial charge in [0.15, 0.2) is 9.84 Å². The maximum atomic E-state index is 12.7. The maximum absolute atomic E-state index is 12.7. The van der Waals surface area contributed by atoms with Crippen molar-refractivity contribution in [2.24, 2.45) is 5.92 Å². The Bertz CT molecular complexity index is 419. The van der Waals surface area contributed by atoms with Crippen LogP contribution in [-0.2, 0) is 14.6 Å². The molecular formula is C10H16F3NO3S. The molecule has 0 aromatic carbocycles. The number of nitrogens with one attached hydrogen (secondary N) is 1. The van der Waals surface area contributed by atoms with Crippen LogP contribution < -0.4 is 5.32 Å². The van der Waals surface area contributed by atoms with E-state index in [1.54, 1.807) is 6.92 Å². The molecule has 1 aliphatic rings. The molecule has 0 bridgehead atoms. The van der Waals surface area contributed by atoms with Crippen molar-refractivity contribution in [2.45, 2.75) is 44.2 Å². The fraction of sp³-hybridized carbons (Fsp3) is 0.900. The van der Waals surface area contributed by atoms with Crippen LogP contribution in [0, 0.1) is 5.92 Å². The Labute approximate surface area is 104 Å². The van der Waals surface area contributed by atoms with Crippen LogP contribution in [0.15, 0.2) is 0 Å². The molecule has 8 heteroatoms. The molecule has 1 aliphatic heterocycles. The summed E-state index contributed by atoms with van der Waals surface area (Å²) in [5, 5.41) is 0.509. The highest BCUT2D eigenvalue weighted by Gasteiger charge is 2.47. The smallest absolute Gasteiger partial charge is 0.343 e. The van der Waals surface area contributed by atoms with Crippen LogP contribution in [0.25, 0.3) is 0 Å². The van der Waals surface area contributed by atoms with Crippen molar-refractivity contribution >= 4 is 15.7 Å². The first kappa shape index (κ1) is 15.3. The largest absolute Gasteiger partial charge is 0.408 e. The molecule has 0 aliphatic carbocycles. The van der Waals surface area contributed by atoms with Gasteiger partial charge in [-0.25, -0.2) is 8.42 Å². The van der Waals surface area contributed by atoms with E-state index in [1.807, 2.05) is 5.32 Å². The minimum Gasteiger partial charge on any atom is -0.343 e. The SMILES string of the molecule is CCC(C)C(NC(=O)C1CCS1(=O)=O)C(F)(F)F. The standard InChI is InChI=1S/C10H16F3NO3S/c1-3-6(2)8(10(11,12)13)14-9(15)7-4-5-18(7,16)17/h6-8H,3-5H2,1-2H3,(H,14,15). The summed E-state index contributed by atoms with van der Waals surface area (Å²) in [5.41, 5.74) is 0. The van der Waals surface area contributed by atoms with Gasteiger partial charge in [-0.05, 0) is 12.3 Å². The molecule has 1 heterocycles. The van der Waals surface area contributed by atoms with Gasteiger partial charge >= 0.3 is 6.18 Å². The molecule has 4 nitrogen and oxygen atoms in total. The maximum Gasteiger partial charge on any atom is 0.408 e. The number of rotatable bonds is 4. The van der Waals surface area contributed by atoms with E-state index in [1.165, 1.54) is 6.92 Å². The molecule has 3 unspecified atom stereocenters. The van der Waals surface area contributed by atoms with E-state index in [-0.39, 0.29) is 18.6 Å². The third-order valence-electron chi connectivity index (χ3n) is 3.25. The van der Waals surface area contributed by atoms with Gasteiger partial charge in [0.25, 0.3) is 0 Å². The highest BCUT2D eigenvalue weighted by molar-refractivity contribution is 7.94. The van der Waals surface area contributed by atoms with Crippen LogP contribution in [0.1, 0.15) is 26.7 Å². The summed E-state index contributed by atoms with van der Waals surface area (Å²) in [4.78, 5) is 11.5. The molecule has 0 aromatic rings. The lowest BCUT2D eigenvalue weighted by atomic mass is 9.98. The number of amides is 1. The van der Waals surface area contributed by atoms with Crippen molar-refractivity contribution in [3.63, 3.8) is 0 Å². The summed E-state index contributed by atoms with van der Waals surface area (Å²) >= 11 is 0. The van der Waals surface area contributed by atoms with Gasteiger partial charge in [-0.15, -0.1) is 0 Å². The Hall–Kier alpha value is -0.790. The van der Waals surface area contributed by atoms with E-state index in [2.05, 4.69) is 0 Å². The first-order chi connectivity index (χ1) is 8.09. The molecule has 1 N–H and O–H groups in total. The van der Waals surface area contributed by atoms with E-state index in [9.17, 15) is 26.4 Å². The Morgan fingerprint density at radius 2 is 2.00 bits per heavy atom. The van der Waals surface area contributed by atoms with Crippen LogP contribution in [0.4, 0.5) is 13.2 Å². The number of hydrogen-bond acceptors (Lipinski definition) is 3. The molecule has 106 valence electrons. The molecule has 3 atom stereocenters. The number of sulfone groups is 1. The highest BCUT2D eigenvalue weighted by Crippen LogP contribution is 2.28. The Balaban J connectivity index is 2.76. The Morgan fingerprint density at radius 1 is 1.44 bits per heavy atom. The van der Waals surface area contributed by atoms with Gasteiger partial charge in [0, 0.05) is 0 Å². The fourth-order valence-electron chi connectivity index (χ4n) is 1.75. The van der Waals surface area contributed by atoms with Crippen LogP contribution in [0.3, 0.4) is 0 Å². The van der Waals surface area contributed by atoms with Crippen LogP contribution in [-0.4, -0.2) is 37.5 Å². The zero-order valence-corrected chi connectivity index (χ0v) is 10.9. The molecule has 1 saturated heterocycles. The van der Waals surface area contributed by atoms with Crippen molar-refractivity contribution in [3.05, 3.63) is 0 Å². The third kappa shape index (κ3) is 3.15. The zero-order valence-electron chi connectivity index (χ0n) is 10.1. The number of carbonyl (C=O) groups is 1. The second-order valence-electron chi connectivity index (χ2n) is 4.56. The first-order valence-corrected chi connectivity index (χ1v) is 7.39. The van der Waals surface area contributed by atoms with E-state index in [4.69, 9.17) is 0 Å². The fourth-order valence-corrected chi connectivity index (χ4v) is 3.00. The number of hydrogen-bond donors (Lipinski definition) is 1. The van der Waals surface area contributed by atoms with Crippen molar-refractivity contribution in [1.29, 1.82) is 0 Å². The van der Waals surface area contributed by atoms with Gasteiger partial charge in [0.1, 0.15) is 11.3 Å². The van der Waals surface area contributed by atoms with Gasteiger partial charge in [0.05, 0.1) is 5.75 Å². The normalized spacial score (nSPS) is 25.9. The number of alkyl halides is 3. The summed E-state index contributed by atoms with van der Waals surface area (Å²) in [5.74, 6) is -1.97. The predicted octanol–water partition coefficient (Wildman–Crippen LogP) is 1.27. The average Bonchev–Trinajstić information content (AvgIpc) is 2.22. The van der Waals surface area contributed by atoms with Crippen LogP contribution >= 0.6 is 0 Å². The molecule has 1 rings (SSSR count). The van der Waals surface area contributed by atoms with E-state index in [0.29, 0.717) is 0 Å². The van der Waals surface area contributed by atoms with Crippen molar-refractivity contribution < 1.29 is 26.4 Å². The molecule has 0 spiro atoms. The van der Waals surface area contributed by atoms with Crippen LogP contribution in [0.5, 0.6) is 0 Å². The zero-order chi connectivity index (χ0) is 14.1. The van der Waals surface area contributed by atoms with Gasteiger partial charge in [-0.3, -0.25) is 4.79 Å². The average molecular weight is 287 g/mol. The van der Waals surface area contributed by atoms with Crippen molar-refractivity contribution in [2.75, 3.05) is 5.75 Å². The third-order valence-corrected chi connectivity index (χ3v) is 5.38. The lowest BCUT2D eigenvalue weighted by Gasteiger charge is -2.31. The molecule has 0 saturated carbocycles. The Morgan fingerprint density at radius 3 is 2.28 bits per heavy atom. The second-order valence-corrected chi connectivity index (χ2v) is 6.86. The Kier molecular flexibility index (Phi) is 4.30. The molecule has 0 radical (unpaired) electrons. The first-order valence-electron chi connectivity index (χ1n) is 5.68. The van der Waals surface area contributed by atoms with E-state index < -0.39 is 39.1 Å². The molecule has 1 amide bonds.